The Hall–Kier alpha value is -1.60. The molecule has 0 fully saturated rings. The van der Waals surface area contributed by atoms with Crippen LogP contribution in [0.4, 0.5) is 10.5 Å². The van der Waals surface area contributed by atoms with Gasteiger partial charge in [-0.1, -0.05) is 6.07 Å². The zero-order valence-electron chi connectivity index (χ0n) is 18.9. The quantitative estimate of drug-likeness (QED) is 0.575. The molecule has 0 aliphatic heterocycles. The molecule has 7 heteroatoms. The number of benzene rings is 1. The molecule has 2 amide bonds. The zero-order chi connectivity index (χ0) is 21.9. The number of nitrogens with one attached hydrogen (secondary N) is 2. The van der Waals surface area contributed by atoms with Crippen molar-refractivity contribution >= 4 is 21.7 Å². The van der Waals surface area contributed by atoms with Crippen molar-refractivity contribution < 1.29 is 13.2 Å². The van der Waals surface area contributed by atoms with Crippen LogP contribution in [0.25, 0.3) is 0 Å². The second-order valence-corrected chi connectivity index (χ2v) is 11.1. The van der Waals surface area contributed by atoms with Gasteiger partial charge in [-0.05, 0) is 108 Å². The molecule has 6 nitrogen and oxygen atoms in total. The van der Waals surface area contributed by atoms with Crippen LogP contribution < -0.4 is 10.0 Å². The summed E-state index contributed by atoms with van der Waals surface area (Å²) in [5.41, 5.74) is 5.90. The Kier molecular flexibility index (Phi) is 7.45. The molecule has 0 radical (unpaired) electrons. The summed E-state index contributed by atoms with van der Waals surface area (Å²) >= 11 is 0. The molecular formula is C23H37N3O3S. The van der Waals surface area contributed by atoms with Crippen molar-refractivity contribution in [3.05, 3.63) is 28.3 Å². The molecule has 1 aromatic carbocycles. The predicted molar refractivity (Wildman–Crippen MR) is 123 cm³/mol. The van der Waals surface area contributed by atoms with Gasteiger partial charge in [-0.25, -0.2) is 17.9 Å². The highest BCUT2D eigenvalue weighted by Gasteiger charge is 2.26. The van der Waals surface area contributed by atoms with E-state index in [0.717, 1.165) is 57.2 Å². The maximum atomic E-state index is 12.5. The largest absolute Gasteiger partial charge is 0.332 e. The van der Waals surface area contributed by atoms with Gasteiger partial charge >= 0.3 is 6.03 Å². The Bertz CT molecular complexity index is 838. The van der Waals surface area contributed by atoms with E-state index in [1.54, 1.807) is 0 Å². The molecule has 2 aliphatic rings. The molecule has 0 bridgehead atoms. The van der Waals surface area contributed by atoms with Crippen LogP contribution in [-0.4, -0.2) is 43.7 Å². The number of urea groups is 1. The molecule has 168 valence electrons. The highest BCUT2D eigenvalue weighted by atomic mass is 32.2. The number of hydrogen-bond acceptors (Lipinski definition) is 4. The molecule has 3 rings (SSSR count). The molecule has 0 atom stereocenters. The van der Waals surface area contributed by atoms with Gasteiger partial charge in [0, 0.05) is 17.8 Å². The fourth-order valence-electron chi connectivity index (χ4n) is 5.00. The number of amides is 2. The van der Waals surface area contributed by atoms with Crippen LogP contribution in [0.1, 0.15) is 75.6 Å². The Morgan fingerprint density at radius 3 is 2.07 bits per heavy atom. The lowest BCUT2D eigenvalue weighted by molar-refractivity contribution is 0.172. The van der Waals surface area contributed by atoms with Crippen LogP contribution in [0.3, 0.4) is 0 Å². The number of fused-ring (bicyclic) bond motifs is 2. The number of rotatable bonds is 9. The molecule has 0 saturated carbocycles. The van der Waals surface area contributed by atoms with E-state index in [2.05, 4.69) is 48.7 Å². The number of anilines is 1. The average Bonchev–Trinajstić information content (AvgIpc) is 3.29. The van der Waals surface area contributed by atoms with E-state index in [4.69, 9.17) is 0 Å². The lowest BCUT2D eigenvalue weighted by atomic mass is 9.99. The van der Waals surface area contributed by atoms with Gasteiger partial charge in [0.2, 0.25) is 10.0 Å². The van der Waals surface area contributed by atoms with Gasteiger partial charge in [-0.15, -0.1) is 0 Å². The van der Waals surface area contributed by atoms with E-state index >= 15 is 0 Å². The molecule has 1 aromatic rings. The second kappa shape index (κ2) is 9.69. The van der Waals surface area contributed by atoms with Crippen LogP contribution in [0.2, 0.25) is 0 Å². The van der Waals surface area contributed by atoms with Crippen molar-refractivity contribution in [1.82, 2.24) is 9.62 Å². The summed E-state index contributed by atoms with van der Waals surface area (Å²) in [5, 5.41) is 2.90. The van der Waals surface area contributed by atoms with Crippen LogP contribution in [0, 0.1) is 0 Å². The van der Waals surface area contributed by atoms with Gasteiger partial charge in [-0.2, -0.15) is 0 Å². The van der Waals surface area contributed by atoms with Crippen molar-refractivity contribution in [2.24, 2.45) is 0 Å². The Morgan fingerprint density at radius 2 is 1.53 bits per heavy atom. The monoisotopic (exact) mass is 435 g/mol. The number of unbranched alkanes of at least 4 members (excludes halogenated alkanes) is 1. The predicted octanol–water partition coefficient (Wildman–Crippen LogP) is 4.01. The summed E-state index contributed by atoms with van der Waals surface area (Å²) in [6.45, 7) is 9.47. The fourth-order valence-corrected chi connectivity index (χ4v) is 6.02. The molecule has 2 N–H and O–H groups in total. The fraction of sp³-hybridized carbons (Fsp3) is 0.696. The maximum absolute atomic E-state index is 12.5. The number of carbonyl (C=O) groups excluding carboxylic acids is 1. The molecule has 0 saturated heterocycles. The molecule has 0 aromatic heterocycles. The number of aryl methyl sites for hydroxylation is 2. The van der Waals surface area contributed by atoms with Crippen molar-refractivity contribution in [3.63, 3.8) is 0 Å². The summed E-state index contributed by atoms with van der Waals surface area (Å²) in [4.78, 5) is 14.9. The summed E-state index contributed by atoms with van der Waals surface area (Å²) in [6.07, 6.45) is 7.50. The normalized spacial score (nSPS) is 15.7. The van der Waals surface area contributed by atoms with Crippen LogP contribution in [0.15, 0.2) is 6.07 Å². The van der Waals surface area contributed by atoms with Gasteiger partial charge in [0.1, 0.15) is 0 Å². The van der Waals surface area contributed by atoms with E-state index < -0.39 is 16.1 Å². The first-order valence-electron chi connectivity index (χ1n) is 11.4. The van der Waals surface area contributed by atoms with Gasteiger partial charge in [0.25, 0.3) is 0 Å². The maximum Gasteiger partial charge on any atom is 0.332 e. The van der Waals surface area contributed by atoms with Gasteiger partial charge < -0.3 is 5.32 Å². The topological polar surface area (TPSA) is 78.5 Å². The molecule has 0 unspecified atom stereocenters. The number of sulfonamides is 1. The minimum atomic E-state index is -3.65. The first-order chi connectivity index (χ1) is 14.2. The Morgan fingerprint density at radius 1 is 0.967 bits per heavy atom. The Balaban J connectivity index is 1.55. The first kappa shape index (κ1) is 23.1. The summed E-state index contributed by atoms with van der Waals surface area (Å²) in [7, 11) is -3.65. The number of hydrogen-bond donors (Lipinski definition) is 2. The van der Waals surface area contributed by atoms with Crippen LogP contribution in [-0.2, 0) is 35.7 Å². The molecule has 0 heterocycles. The lowest BCUT2D eigenvalue weighted by Crippen LogP contribution is -2.38. The highest BCUT2D eigenvalue weighted by Crippen LogP contribution is 2.38. The van der Waals surface area contributed by atoms with Crippen molar-refractivity contribution in [2.75, 3.05) is 17.6 Å². The van der Waals surface area contributed by atoms with E-state index in [1.807, 2.05) is 0 Å². The molecule has 0 spiro atoms. The minimum absolute atomic E-state index is 0.0323. The van der Waals surface area contributed by atoms with Gasteiger partial charge in [-0.3, -0.25) is 4.90 Å². The van der Waals surface area contributed by atoms with Crippen molar-refractivity contribution in [3.8, 4) is 0 Å². The SMILES string of the molecule is CC(C)N(CCCCS(=O)(=O)NC(=O)Nc1c2c(cc3c1CCC3)CCC2)C(C)C. The van der Waals surface area contributed by atoms with Gasteiger partial charge in [0.15, 0.2) is 0 Å². The molecule has 30 heavy (non-hydrogen) atoms. The zero-order valence-corrected chi connectivity index (χ0v) is 19.7. The van der Waals surface area contributed by atoms with Crippen LogP contribution in [0.5, 0.6) is 0 Å². The third-order valence-electron chi connectivity index (χ3n) is 6.37. The molecular weight excluding hydrogens is 398 g/mol. The van der Waals surface area contributed by atoms with E-state index in [0.29, 0.717) is 18.5 Å². The lowest BCUT2D eigenvalue weighted by Gasteiger charge is -2.30. The van der Waals surface area contributed by atoms with E-state index in [1.165, 1.54) is 22.3 Å². The van der Waals surface area contributed by atoms with Crippen molar-refractivity contribution in [2.45, 2.75) is 91.1 Å². The number of nitrogens with zero attached hydrogens (tertiary/aromatic N) is 1. The van der Waals surface area contributed by atoms with Crippen molar-refractivity contribution in [1.29, 1.82) is 0 Å². The minimum Gasteiger partial charge on any atom is -0.307 e. The standard InChI is InChI=1S/C23H37N3O3S/c1-16(2)26(17(3)4)13-5-6-14-30(28,29)25-23(27)24-22-20-11-7-9-18(20)15-19-10-8-12-21(19)22/h15-17H,5-14H2,1-4H3,(H2,24,25,27). The van der Waals surface area contributed by atoms with E-state index in [-0.39, 0.29) is 5.75 Å². The first-order valence-corrected chi connectivity index (χ1v) is 13.1. The highest BCUT2D eigenvalue weighted by molar-refractivity contribution is 7.90. The third-order valence-corrected chi connectivity index (χ3v) is 7.69. The smallest absolute Gasteiger partial charge is 0.307 e. The van der Waals surface area contributed by atoms with Crippen LogP contribution >= 0.6 is 0 Å². The summed E-state index contributed by atoms with van der Waals surface area (Å²) < 4.78 is 27.1. The molecule has 2 aliphatic carbocycles. The summed E-state index contributed by atoms with van der Waals surface area (Å²) in [6, 6.07) is 2.53. The average molecular weight is 436 g/mol. The van der Waals surface area contributed by atoms with E-state index in [9.17, 15) is 13.2 Å². The Labute approximate surface area is 181 Å². The number of carbonyl (C=O) groups is 1. The second-order valence-electron chi connectivity index (χ2n) is 9.24. The van der Waals surface area contributed by atoms with Gasteiger partial charge in [0.05, 0.1) is 5.75 Å². The third kappa shape index (κ3) is 5.55. The summed E-state index contributed by atoms with van der Waals surface area (Å²) in [5.74, 6) is -0.0323.